The summed E-state index contributed by atoms with van der Waals surface area (Å²) in [6.07, 6.45) is 22.0. The van der Waals surface area contributed by atoms with E-state index in [4.69, 9.17) is 0 Å². The Hall–Kier alpha value is -1.81. The lowest BCUT2D eigenvalue weighted by molar-refractivity contribution is 0.514. The van der Waals surface area contributed by atoms with Gasteiger partial charge in [0.15, 0.2) is 0 Å². The molecule has 28 heavy (non-hydrogen) atoms. The van der Waals surface area contributed by atoms with E-state index >= 15 is 0 Å². The molecule has 0 saturated heterocycles. The molecule has 0 fully saturated rings. The van der Waals surface area contributed by atoms with E-state index in [0.717, 1.165) is 18.5 Å². The molecule has 0 bridgehead atoms. The second-order valence-electron chi connectivity index (χ2n) is 7.06. The Balaban J connectivity index is 0.00000392. The van der Waals surface area contributed by atoms with Crippen LogP contribution in [-0.2, 0) is 0 Å². The summed E-state index contributed by atoms with van der Waals surface area (Å²) in [7, 11) is 0. The lowest BCUT2D eigenvalue weighted by Gasteiger charge is -2.18. The molecule has 152 valence electrons. The fourth-order valence-electron chi connectivity index (χ4n) is 3.05. The van der Waals surface area contributed by atoms with Crippen molar-refractivity contribution in [3.05, 3.63) is 102 Å². The summed E-state index contributed by atoms with van der Waals surface area (Å²) in [5, 5.41) is 3.58. The minimum atomic E-state index is 0. The van der Waals surface area contributed by atoms with Gasteiger partial charge in [0, 0.05) is 12.8 Å². The molecule has 1 aromatic carbocycles. The number of benzene rings is 1. The van der Waals surface area contributed by atoms with Crippen molar-refractivity contribution in [1.29, 1.82) is 0 Å². The monoisotopic (exact) mass is 489 g/mol. The zero-order chi connectivity index (χ0) is 19.5. The molecular formula is C26H36IN. The Morgan fingerprint density at radius 1 is 1.21 bits per heavy atom. The van der Waals surface area contributed by atoms with Crippen molar-refractivity contribution in [2.24, 2.45) is 11.8 Å². The van der Waals surface area contributed by atoms with Crippen LogP contribution in [-0.4, -0.2) is 0 Å². The van der Waals surface area contributed by atoms with Crippen LogP contribution in [0.2, 0.25) is 0 Å². The quantitative estimate of drug-likeness (QED) is 0.288. The molecule has 0 amide bonds. The van der Waals surface area contributed by atoms with Crippen LogP contribution in [0.5, 0.6) is 0 Å². The highest BCUT2D eigenvalue weighted by Gasteiger charge is 2.11. The summed E-state index contributed by atoms with van der Waals surface area (Å²) < 4.78 is 0. The van der Waals surface area contributed by atoms with Gasteiger partial charge in [-0.15, -0.1) is 24.0 Å². The van der Waals surface area contributed by atoms with Gasteiger partial charge < -0.3 is 5.32 Å². The maximum Gasteiger partial charge on any atom is 0.0335 e. The largest absolute Gasteiger partial charge is 0.359 e. The van der Waals surface area contributed by atoms with E-state index in [0.29, 0.717) is 11.8 Å². The molecule has 0 saturated carbocycles. The number of hydrogen-bond acceptors (Lipinski definition) is 1. The van der Waals surface area contributed by atoms with Crippen molar-refractivity contribution in [1.82, 2.24) is 5.32 Å². The molecule has 2 rings (SSSR count). The van der Waals surface area contributed by atoms with E-state index < -0.39 is 0 Å². The fourth-order valence-corrected chi connectivity index (χ4v) is 3.05. The van der Waals surface area contributed by atoms with Gasteiger partial charge in [-0.2, -0.15) is 0 Å². The molecule has 1 aromatic rings. The standard InChI is InChI=1S/C26H33N.HI.H2/c1-5-25(19-17-21(3)23-13-9-7-10-14-23)27-26(6-2)20-18-22(4)24-15-11-8-12-16-24;;/h5,7-13,15-21,23,27H,6,14H2,1-4H3;2*1H/b19-17-,22-18+,25-5+,26-20+;;. The van der Waals surface area contributed by atoms with Crippen molar-refractivity contribution in [2.75, 3.05) is 0 Å². The predicted octanol–water partition coefficient (Wildman–Crippen LogP) is 8.07. The van der Waals surface area contributed by atoms with Crippen LogP contribution < -0.4 is 5.32 Å². The highest BCUT2D eigenvalue weighted by molar-refractivity contribution is 14.0. The van der Waals surface area contributed by atoms with Crippen LogP contribution in [0.15, 0.2) is 96.4 Å². The predicted molar refractivity (Wildman–Crippen MR) is 138 cm³/mol. The van der Waals surface area contributed by atoms with Gasteiger partial charge in [0.05, 0.1) is 0 Å². The van der Waals surface area contributed by atoms with Gasteiger partial charge in [-0.1, -0.05) is 86.7 Å². The van der Waals surface area contributed by atoms with Gasteiger partial charge in [0.1, 0.15) is 0 Å². The molecule has 2 unspecified atom stereocenters. The molecule has 0 heterocycles. The molecule has 1 aliphatic carbocycles. The van der Waals surface area contributed by atoms with E-state index in [9.17, 15) is 0 Å². The first kappa shape index (κ1) is 24.2. The lowest BCUT2D eigenvalue weighted by atomic mass is 9.88. The summed E-state index contributed by atoms with van der Waals surface area (Å²) in [6.45, 7) is 8.71. The van der Waals surface area contributed by atoms with Crippen molar-refractivity contribution >= 4 is 29.5 Å². The second-order valence-corrected chi connectivity index (χ2v) is 7.06. The summed E-state index contributed by atoms with van der Waals surface area (Å²) in [5.41, 5.74) is 4.90. The van der Waals surface area contributed by atoms with Crippen molar-refractivity contribution in [3.63, 3.8) is 0 Å². The van der Waals surface area contributed by atoms with Crippen LogP contribution in [0.1, 0.15) is 47.5 Å². The molecule has 2 heteroatoms. The molecule has 1 aliphatic rings. The van der Waals surface area contributed by atoms with Crippen LogP contribution >= 0.6 is 24.0 Å². The number of nitrogens with one attached hydrogen (secondary N) is 1. The molecule has 0 spiro atoms. The Kier molecular flexibility index (Phi) is 11.6. The van der Waals surface area contributed by atoms with Gasteiger partial charge >= 0.3 is 0 Å². The number of allylic oxidation sites excluding steroid dienone is 11. The van der Waals surface area contributed by atoms with Crippen LogP contribution in [0.4, 0.5) is 0 Å². The van der Waals surface area contributed by atoms with E-state index in [1.54, 1.807) is 0 Å². The van der Waals surface area contributed by atoms with E-state index in [-0.39, 0.29) is 25.4 Å². The second kappa shape index (κ2) is 13.4. The SMILES string of the molecule is C/C=C(\C=C/C(C)C1C=CC=CC1)N/C(=C/C=C(\C)c1ccccc1)CC.I.[HH]. The highest BCUT2D eigenvalue weighted by Crippen LogP contribution is 2.22. The Morgan fingerprint density at radius 3 is 2.57 bits per heavy atom. The van der Waals surface area contributed by atoms with Gasteiger partial charge in [0.2, 0.25) is 0 Å². The van der Waals surface area contributed by atoms with Gasteiger partial charge in [-0.05, 0) is 61.8 Å². The first-order chi connectivity index (χ1) is 13.1. The van der Waals surface area contributed by atoms with E-state index in [1.165, 1.54) is 16.8 Å². The number of rotatable bonds is 8. The average molecular weight is 489 g/mol. The fraction of sp³-hybridized carbons (Fsp3) is 0.308. The highest BCUT2D eigenvalue weighted by atomic mass is 127. The van der Waals surface area contributed by atoms with E-state index in [1.807, 2.05) is 0 Å². The van der Waals surface area contributed by atoms with Crippen molar-refractivity contribution in [2.45, 2.75) is 40.5 Å². The number of halogens is 1. The lowest BCUT2D eigenvalue weighted by Crippen LogP contribution is -2.12. The maximum atomic E-state index is 3.58. The molecule has 0 radical (unpaired) electrons. The first-order valence-corrected chi connectivity index (χ1v) is 10.0. The Labute approximate surface area is 190 Å². The van der Waals surface area contributed by atoms with Gasteiger partial charge in [-0.3, -0.25) is 0 Å². The topological polar surface area (TPSA) is 12.0 Å². The van der Waals surface area contributed by atoms with Crippen molar-refractivity contribution in [3.8, 4) is 0 Å². The first-order valence-electron chi connectivity index (χ1n) is 10.0. The third-order valence-corrected chi connectivity index (χ3v) is 5.03. The molecule has 0 aliphatic heterocycles. The zero-order valence-electron chi connectivity index (χ0n) is 17.6. The van der Waals surface area contributed by atoms with Crippen LogP contribution in [0.3, 0.4) is 0 Å². The van der Waals surface area contributed by atoms with Crippen LogP contribution in [0.25, 0.3) is 5.57 Å². The summed E-state index contributed by atoms with van der Waals surface area (Å²) >= 11 is 0. The van der Waals surface area contributed by atoms with Crippen molar-refractivity contribution < 1.29 is 1.43 Å². The summed E-state index contributed by atoms with van der Waals surface area (Å²) in [6, 6.07) is 10.5. The smallest absolute Gasteiger partial charge is 0.0335 e. The molecular weight excluding hydrogens is 453 g/mol. The average Bonchev–Trinajstić information content (AvgIpc) is 2.74. The molecule has 2 atom stereocenters. The van der Waals surface area contributed by atoms with Gasteiger partial charge in [0.25, 0.3) is 0 Å². The Bertz CT molecular complexity index is 769. The Morgan fingerprint density at radius 2 is 1.96 bits per heavy atom. The number of hydrogen-bond donors (Lipinski definition) is 1. The molecule has 1 nitrogen and oxygen atoms in total. The zero-order valence-corrected chi connectivity index (χ0v) is 19.9. The van der Waals surface area contributed by atoms with Gasteiger partial charge in [-0.25, -0.2) is 0 Å². The molecule has 1 N–H and O–H groups in total. The van der Waals surface area contributed by atoms with Crippen LogP contribution in [0, 0.1) is 11.8 Å². The summed E-state index contributed by atoms with van der Waals surface area (Å²) in [4.78, 5) is 0. The minimum Gasteiger partial charge on any atom is -0.359 e. The third-order valence-electron chi connectivity index (χ3n) is 5.03. The minimum absolute atomic E-state index is 0. The van der Waals surface area contributed by atoms with E-state index in [2.05, 4.69) is 118 Å². The maximum absolute atomic E-state index is 3.58. The molecule has 0 aromatic heterocycles. The third kappa shape index (κ3) is 8.05. The normalized spacial score (nSPS) is 18.9. The summed E-state index contributed by atoms with van der Waals surface area (Å²) in [5.74, 6) is 1.12.